The number of carbonyl (C=O) groups is 2. The van der Waals surface area contributed by atoms with Gasteiger partial charge in [-0.3, -0.25) is 19.6 Å². The molecule has 1 aliphatic carbocycles. The molecule has 1 saturated carbocycles. The van der Waals surface area contributed by atoms with Gasteiger partial charge in [0.1, 0.15) is 11.5 Å². The largest absolute Gasteiger partial charge is 0.414 e. The van der Waals surface area contributed by atoms with Crippen molar-refractivity contribution in [2.75, 3.05) is 12.9 Å². The number of carbonyl (C=O) groups excluding carboxylic acids is 2. The first-order valence-electron chi connectivity index (χ1n) is 16.7. The number of hydrogen-bond acceptors (Lipinski definition) is 7. The predicted molar refractivity (Wildman–Crippen MR) is 192 cm³/mol. The fourth-order valence-electron chi connectivity index (χ4n) is 5.25. The molecule has 0 aromatic carbocycles. The Kier molecular flexibility index (Phi) is 13.0. The van der Waals surface area contributed by atoms with Crippen LogP contribution in [0.5, 0.6) is 0 Å². The predicted octanol–water partition coefficient (Wildman–Crippen LogP) is 10.2. The zero-order valence-corrected chi connectivity index (χ0v) is 32.6. The molecular weight excluding hydrogens is 613 g/mol. The summed E-state index contributed by atoms with van der Waals surface area (Å²) >= 11 is 1.64. The number of aromatic nitrogens is 2. The second-order valence-electron chi connectivity index (χ2n) is 15.9. The highest BCUT2D eigenvalue weighted by molar-refractivity contribution is 7.98. The van der Waals surface area contributed by atoms with Gasteiger partial charge in [0.05, 0.1) is 24.3 Å². The monoisotopic (exact) mass is 670 g/mol. The van der Waals surface area contributed by atoms with E-state index in [1.165, 1.54) is 25.7 Å². The summed E-state index contributed by atoms with van der Waals surface area (Å²) in [6.07, 6.45) is 11.3. The number of ketones is 2. The Morgan fingerprint density at radius 3 is 2.04 bits per heavy atom. The van der Waals surface area contributed by atoms with E-state index in [2.05, 4.69) is 77.7 Å². The van der Waals surface area contributed by atoms with Crippen molar-refractivity contribution in [1.82, 2.24) is 9.97 Å². The third kappa shape index (κ3) is 10.4. The summed E-state index contributed by atoms with van der Waals surface area (Å²) in [5.74, 6) is 0.274. The molecule has 0 spiro atoms. The Morgan fingerprint density at radius 2 is 1.53 bits per heavy atom. The lowest BCUT2D eigenvalue weighted by atomic mass is 9.85. The summed E-state index contributed by atoms with van der Waals surface area (Å²) in [7, 11) is -4.11. The van der Waals surface area contributed by atoms with Crippen molar-refractivity contribution < 1.29 is 18.4 Å². The molecule has 45 heavy (non-hydrogen) atoms. The Bertz CT molecular complexity index is 1260. The average molecular weight is 671 g/mol. The molecule has 6 nitrogen and oxygen atoms in total. The van der Waals surface area contributed by atoms with E-state index in [9.17, 15) is 9.59 Å². The maximum atomic E-state index is 13.6. The van der Waals surface area contributed by atoms with Gasteiger partial charge in [0.2, 0.25) is 0 Å². The molecule has 0 N–H and O–H groups in total. The van der Waals surface area contributed by atoms with Gasteiger partial charge in [-0.2, -0.15) is 0 Å². The Labute approximate surface area is 279 Å². The van der Waals surface area contributed by atoms with E-state index in [0.29, 0.717) is 18.2 Å². The first-order valence-corrected chi connectivity index (χ1v) is 23.7. The minimum Gasteiger partial charge on any atom is -0.414 e. The van der Waals surface area contributed by atoms with Crippen LogP contribution in [0.4, 0.5) is 0 Å². The van der Waals surface area contributed by atoms with Gasteiger partial charge in [0.15, 0.2) is 22.4 Å². The number of nitrogens with zero attached hydrogens (tertiary/aromatic N) is 2. The van der Waals surface area contributed by atoms with Crippen LogP contribution in [0.3, 0.4) is 0 Å². The lowest BCUT2D eigenvalue weighted by molar-refractivity contribution is -0.121. The molecule has 2 heterocycles. The van der Waals surface area contributed by atoms with Gasteiger partial charge >= 0.3 is 0 Å². The van der Waals surface area contributed by atoms with Gasteiger partial charge in [-0.25, -0.2) is 0 Å². The zero-order valence-electron chi connectivity index (χ0n) is 29.8. The number of hydrogen-bond donors (Lipinski definition) is 0. The number of Topliss-reactive ketones (excluding diaryl/α,β-unsaturated/α-hetero) is 2. The normalized spacial score (nSPS) is 16.5. The van der Waals surface area contributed by atoms with Crippen LogP contribution in [-0.4, -0.2) is 51.0 Å². The van der Waals surface area contributed by atoms with E-state index in [1.807, 2.05) is 30.7 Å². The highest BCUT2D eigenvalue weighted by atomic mass is 32.2. The highest BCUT2D eigenvalue weighted by Gasteiger charge is 2.42. The first-order chi connectivity index (χ1) is 20.8. The van der Waals surface area contributed by atoms with Crippen molar-refractivity contribution in [2.24, 2.45) is 5.92 Å². The van der Waals surface area contributed by atoms with E-state index >= 15 is 0 Å². The molecule has 0 bridgehead atoms. The molecule has 2 unspecified atom stereocenters. The minimum atomic E-state index is -2.11. The Hall–Kier alpha value is -1.66. The van der Waals surface area contributed by atoms with Gasteiger partial charge < -0.3 is 8.85 Å². The van der Waals surface area contributed by atoms with Crippen molar-refractivity contribution in [3.8, 4) is 0 Å². The second kappa shape index (κ2) is 15.5. The van der Waals surface area contributed by atoms with Crippen LogP contribution in [0, 0.1) is 5.92 Å². The topological polar surface area (TPSA) is 78.4 Å². The SMILES string of the molecule is CSc1ccc(C(CC2CCCC2)C(=O)CCC(=O)c2ccc(C(CO[Si](C)(C)C(C)(C)C)O[Si](C)(C)C(C)(C)C)cn2)nc1. The van der Waals surface area contributed by atoms with Crippen molar-refractivity contribution in [3.63, 3.8) is 0 Å². The van der Waals surface area contributed by atoms with Crippen molar-refractivity contribution in [3.05, 3.63) is 53.6 Å². The highest BCUT2D eigenvalue weighted by Crippen LogP contribution is 2.42. The summed E-state index contributed by atoms with van der Waals surface area (Å²) < 4.78 is 13.5. The molecule has 0 amide bonds. The van der Waals surface area contributed by atoms with Crippen LogP contribution in [0.15, 0.2) is 41.6 Å². The summed E-state index contributed by atoms with van der Waals surface area (Å²) in [6, 6.07) is 7.77. The van der Waals surface area contributed by atoms with Gasteiger partial charge in [0, 0.05) is 35.7 Å². The third-order valence-corrected chi connectivity index (χ3v) is 20.2. The third-order valence-electron chi connectivity index (χ3n) is 10.5. The lowest BCUT2D eigenvalue weighted by Crippen LogP contribution is -2.45. The van der Waals surface area contributed by atoms with Gasteiger partial charge in [-0.15, -0.1) is 11.8 Å². The molecule has 0 radical (unpaired) electrons. The molecule has 9 heteroatoms. The lowest BCUT2D eigenvalue weighted by Gasteiger charge is -2.41. The van der Waals surface area contributed by atoms with Crippen LogP contribution < -0.4 is 0 Å². The standard InChI is InChI=1S/C36H58N2O4SSi2/c1-35(2,3)44(8,9)41-25-34(42-45(10,11)36(4,5)6)27-16-18-31(37-23-27)33(40)21-20-32(39)29(22-26-14-12-13-15-26)30-19-17-28(43-7)24-38-30/h16-19,23-24,26,29,34H,12-15,20-22,25H2,1-11H3. The second-order valence-corrected chi connectivity index (χ2v) is 26.3. The number of rotatable bonds is 15. The summed E-state index contributed by atoms with van der Waals surface area (Å²) in [5.41, 5.74) is 2.13. The fraction of sp³-hybridized carbons (Fsp3) is 0.667. The van der Waals surface area contributed by atoms with E-state index in [0.717, 1.165) is 22.6 Å². The molecule has 2 aromatic rings. The quantitative estimate of drug-likeness (QED) is 0.106. The fourth-order valence-corrected chi connectivity index (χ4v) is 7.88. The summed E-state index contributed by atoms with van der Waals surface area (Å²) in [5, 5.41) is 0.130. The molecule has 0 saturated heterocycles. The van der Waals surface area contributed by atoms with Crippen molar-refractivity contribution >= 4 is 40.0 Å². The van der Waals surface area contributed by atoms with E-state index < -0.39 is 16.6 Å². The average Bonchev–Trinajstić information content (AvgIpc) is 3.49. The van der Waals surface area contributed by atoms with Crippen LogP contribution in [0.1, 0.15) is 120 Å². The van der Waals surface area contributed by atoms with Gasteiger partial charge in [-0.05, 0) is 73.1 Å². The van der Waals surface area contributed by atoms with Gasteiger partial charge in [0.25, 0.3) is 0 Å². The molecule has 250 valence electrons. The Morgan fingerprint density at radius 1 is 0.889 bits per heavy atom. The molecule has 2 atom stereocenters. The summed E-state index contributed by atoms with van der Waals surface area (Å²) in [6.45, 7) is 22.9. The minimum absolute atomic E-state index is 0.0419. The van der Waals surface area contributed by atoms with Crippen LogP contribution >= 0.6 is 11.8 Å². The molecule has 1 aliphatic rings. The maximum absolute atomic E-state index is 13.6. The van der Waals surface area contributed by atoms with Crippen molar-refractivity contribution in [1.29, 1.82) is 0 Å². The first kappa shape index (κ1) is 37.8. The molecule has 1 fully saturated rings. The van der Waals surface area contributed by atoms with E-state index in [4.69, 9.17) is 8.85 Å². The molecule has 3 rings (SSSR count). The zero-order chi connectivity index (χ0) is 33.6. The van der Waals surface area contributed by atoms with E-state index in [-0.39, 0.29) is 46.5 Å². The smallest absolute Gasteiger partial charge is 0.193 e. The van der Waals surface area contributed by atoms with Crippen LogP contribution in [0.2, 0.25) is 36.3 Å². The molecule has 2 aromatic heterocycles. The molecular formula is C36H58N2O4SSi2. The number of thioether (sulfide) groups is 1. The van der Waals surface area contributed by atoms with Crippen LogP contribution in [-0.2, 0) is 13.6 Å². The maximum Gasteiger partial charge on any atom is 0.193 e. The van der Waals surface area contributed by atoms with E-state index in [1.54, 1.807) is 24.0 Å². The summed E-state index contributed by atoms with van der Waals surface area (Å²) in [4.78, 5) is 37.1. The molecule has 0 aliphatic heterocycles. The van der Waals surface area contributed by atoms with Gasteiger partial charge in [-0.1, -0.05) is 73.3 Å². The van der Waals surface area contributed by atoms with Crippen molar-refractivity contribution in [2.45, 2.75) is 140 Å². The Balaban J connectivity index is 1.73. The number of pyridine rings is 2. The van der Waals surface area contributed by atoms with Crippen LogP contribution in [0.25, 0.3) is 0 Å².